The van der Waals surface area contributed by atoms with Gasteiger partial charge in [0.15, 0.2) is 0 Å². The van der Waals surface area contributed by atoms with Crippen LogP contribution in [0.2, 0.25) is 0 Å². The molecule has 0 fully saturated rings. The van der Waals surface area contributed by atoms with Crippen molar-refractivity contribution < 1.29 is 14.2 Å². The molecular weight excluding hydrogens is 197 g/mol. The van der Waals surface area contributed by atoms with Crippen LogP contribution in [0.3, 0.4) is 0 Å². The molecule has 0 aliphatic rings. The molecule has 4 heteroatoms. The van der Waals surface area contributed by atoms with Gasteiger partial charge >= 0.3 is 0 Å². The average Bonchev–Trinajstić information content (AvgIpc) is 2.26. The molecular formula is C11H16FNO2. The normalized spacial score (nSPS) is 10.1. The number of ether oxygens (including phenoxy) is 1. The topological polar surface area (TPSA) is 41.5 Å². The van der Waals surface area contributed by atoms with Gasteiger partial charge in [0, 0.05) is 19.2 Å². The third kappa shape index (κ3) is 3.75. The number of unbranched alkanes of at least 4 members (excludes halogenated alkanes) is 1. The molecule has 0 heterocycles. The molecule has 0 spiro atoms. The monoisotopic (exact) mass is 213 g/mol. The fourth-order valence-corrected chi connectivity index (χ4v) is 1.23. The minimum atomic E-state index is -0.292. The van der Waals surface area contributed by atoms with Gasteiger partial charge in [-0.3, -0.25) is 0 Å². The lowest BCUT2D eigenvalue weighted by Crippen LogP contribution is -2.04. The highest BCUT2D eigenvalue weighted by Crippen LogP contribution is 2.20. The molecule has 0 saturated carbocycles. The summed E-state index contributed by atoms with van der Waals surface area (Å²) in [6.45, 7) is 0.812. The Morgan fingerprint density at radius 2 is 2.20 bits per heavy atom. The highest BCUT2D eigenvalue weighted by molar-refractivity contribution is 5.49. The summed E-state index contributed by atoms with van der Waals surface area (Å²) < 4.78 is 18.2. The third-order valence-electron chi connectivity index (χ3n) is 2.07. The molecule has 0 bridgehead atoms. The smallest absolute Gasteiger partial charge is 0.146 e. The van der Waals surface area contributed by atoms with E-state index in [9.17, 15) is 4.39 Å². The first-order valence-corrected chi connectivity index (χ1v) is 4.96. The molecule has 15 heavy (non-hydrogen) atoms. The number of nitrogens with one attached hydrogen (secondary N) is 1. The zero-order valence-electron chi connectivity index (χ0n) is 8.79. The number of halogens is 1. The van der Waals surface area contributed by atoms with E-state index in [4.69, 9.17) is 9.84 Å². The van der Waals surface area contributed by atoms with E-state index in [0.29, 0.717) is 18.0 Å². The summed E-state index contributed by atoms with van der Waals surface area (Å²) >= 11 is 0. The third-order valence-corrected chi connectivity index (χ3v) is 2.07. The van der Waals surface area contributed by atoms with Crippen molar-refractivity contribution in [3.05, 3.63) is 24.0 Å². The molecule has 3 nitrogen and oxygen atoms in total. The van der Waals surface area contributed by atoms with Gasteiger partial charge in [-0.2, -0.15) is 0 Å². The fraction of sp³-hybridized carbons (Fsp3) is 0.455. The first-order chi connectivity index (χ1) is 7.27. The second-order valence-electron chi connectivity index (χ2n) is 3.20. The van der Waals surface area contributed by atoms with Crippen molar-refractivity contribution in [1.82, 2.24) is 0 Å². The molecule has 0 unspecified atom stereocenters. The van der Waals surface area contributed by atoms with E-state index >= 15 is 0 Å². The Morgan fingerprint density at radius 1 is 1.40 bits per heavy atom. The predicted molar refractivity (Wildman–Crippen MR) is 57.8 cm³/mol. The van der Waals surface area contributed by atoms with E-state index in [1.807, 2.05) is 0 Å². The molecule has 0 amide bonds. The number of rotatable bonds is 6. The molecule has 0 saturated heterocycles. The van der Waals surface area contributed by atoms with Crippen molar-refractivity contribution in [2.45, 2.75) is 12.8 Å². The average molecular weight is 213 g/mol. The van der Waals surface area contributed by atoms with Crippen LogP contribution in [0.4, 0.5) is 10.1 Å². The summed E-state index contributed by atoms with van der Waals surface area (Å²) in [7, 11) is 1.54. The second kappa shape index (κ2) is 6.24. The van der Waals surface area contributed by atoms with E-state index < -0.39 is 0 Å². The Morgan fingerprint density at radius 3 is 2.87 bits per heavy atom. The molecule has 0 radical (unpaired) electrons. The predicted octanol–water partition coefficient (Wildman–Crippen LogP) is 2.02. The van der Waals surface area contributed by atoms with Crippen molar-refractivity contribution in [2.24, 2.45) is 0 Å². The summed E-state index contributed by atoms with van der Waals surface area (Å²) in [5.41, 5.74) is 0.437. The number of methoxy groups -OCH3 is 1. The number of hydrogen-bond acceptors (Lipinski definition) is 3. The van der Waals surface area contributed by atoms with Gasteiger partial charge in [-0.15, -0.1) is 0 Å². The van der Waals surface area contributed by atoms with Crippen LogP contribution >= 0.6 is 0 Å². The number of anilines is 1. The zero-order valence-corrected chi connectivity index (χ0v) is 8.79. The van der Waals surface area contributed by atoms with E-state index in [0.717, 1.165) is 12.8 Å². The Hall–Kier alpha value is -1.29. The van der Waals surface area contributed by atoms with Crippen LogP contribution in [0.5, 0.6) is 5.75 Å². The number of hydrogen-bond donors (Lipinski definition) is 2. The van der Waals surface area contributed by atoms with E-state index in [1.165, 1.54) is 6.07 Å². The molecule has 0 aromatic heterocycles. The highest BCUT2D eigenvalue weighted by atomic mass is 19.1. The van der Waals surface area contributed by atoms with Crippen LogP contribution < -0.4 is 10.1 Å². The zero-order chi connectivity index (χ0) is 11.1. The Balaban J connectivity index is 2.51. The summed E-state index contributed by atoms with van der Waals surface area (Å²) in [6, 6.07) is 4.57. The van der Waals surface area contributed by atoms with Crippen LogP contribution in [0.1, 0.15) is 12.8 Å². The fourth-order valence-electron chi connectivity index (χ4n) is 1.23. The Labute approximate surface area is 88.9 Å². The maximum Gasteiger partial charge on any atom is 0.146 e. The van der Waals surface area contributed by atoms with Gasteiger partial charge < -0.3 is 15.2 Å². The highest BCUT2D eigenvalue weighted by Gasteiger charge is 2.02. The summed E-state index contributed by atoms with van der Waals surface area (Å²) in [5, 5.41) is 11.5. The first-order valence-electron chi connectivity index (χ1n) is 4.96. The van der Waals surface area contributed by atoms with E-state index in [2.05, 4.69) is 5.32 Å². The minimum Gasteiger partial charge on any atom is -0.497 e. The number of benzene rings is 1. The van der Waals surface area contributed by atoms with Crippen LogP contribution in [0.15, 0.2) is 18.2 Å². The van der Waals surface area contributed by atoms with Crippen molar-refractivity contribution in [1.29, 1.82) is 0 Å². The van der Waals surface area contributed by atoms with Crippen molar-refractivity contribution in [3.8, 4) is 5.75 Å². The standard InChI is InChI=1S/C11H16FNO2/c1-15-9-4-5-10(12)11(8-9)13-6-2-3-7-14/h4-5,8,13-14H,2-3,6-7H2,1H3. The van der Waals surface area contributed by atoms with Crippen LogP contribution in [-0.4, -0.2) is 25.4 Å². The summed E-state index contributed by atoms with van der Waals surface area (Å²) in [5.74, 6) is 0.334. The lowest BCUT2D eigenvalue weighted by molar-refractivity contribution is 0.286. The maximum atomic E-state index is 13.2. The summed E-state index contributed by atoms with van der Waals surface area (Å²) in [6.07, 6.45) is 1.53. The first kappa shape index (κ1) is 11.8. The van der Waals surface area contributed by atoms with Crippen molar-refractivity contribution in [2.75, 3.05) is 25.6 Å². The molecule has 0 aliphatic carbocycles. The molecule has 84 valence electrons. The molecule has 0 atom stereocenters. The molecule has 1 aromatic rings. The van der Waals surface area contributed by atoms with Gasteiger partial charge in [-0.25, -0.2) is 4.39 Å². The van der Waals surface area contributed by atoms with Gasteiger partial charge in [0.05, 0.1) is 12.8 Å². The molecule has 1 rings (SSSR count). The van der Waals surface area contributed by atoms with E-state index in [1.54, 1.807) is 19.2 Å². The Bertz CT molecular complexity index is 305. The maximum absolute atomic E-state index is 13.2. The van der Waals surface area contributed by atoms with Crippen LogP contribution in [0, 0.1) is 5.82 Å². The Kier molecular flexibility index (Phi) is 4.90. The minimum absolute atomic E-state index is 0.169. The lowest BCUT2D eigenvalue weighted by atomic mass is 10.2. The molecule has 1 aromatic carbocycles. The quantitative estimate of drug-likeness (QED) is 0.710. The SMILES string of the molecule is COc1ccc(F)c(NCCCCO)c1. The van der Waals surface area contributed by atoms with Gasteiger partial charge in [0.1, 0.15) is 11.6 Å². The largest absolute Gasteiger partial charge is 0.497 e. The summed E-state index contributed by atoms with van der Waals surface area (Å²) in [4.78, 5) is 0. The van der Waals surface area contributed by atoms with Gasteiger partial charge in [-0.05, 0) is 25.0 Å². The van der Waals surface area contributed by atoms with E-state index in [-0.39, 0.29) is 12.4 Å². The van der Waals surface area contributed by atoms with Crippen molar-refractivity contribution >= 4 is 5.69 Å². The number of aliphatic hydroxyl groups excluding tert-OH is 1. The van der Waals surface area contributed by atoms with Crippen LogP contribution in [-0.2, 0) is 0 Å². The second-order valence-corrected chi connectivity index (χ2v) is 3.20. The van der Waals surface area contributed by atoms with Crippen molar-refractivity contribution in [3.63, 3.8) is 0 Å². The van der Waals surface area contributed by atoms with Gasteiger partial charge in [0.25, 0.3) is 0 Å². The molecule has 0 aliphatic heterocycles. The molecule has 2 N–H and O–H groups in total. The lowest BCUT2D eigenvalue weighted by Gasteiger charge is -2.08. The number of aliphatic hydroxyl groups is 1. The van der Waals surface area contributed by atoms with Crippen LogP contribution in [0.25, 0.3) is 0 Å². The van der Waals surface area contributed by atoms with Gasteiger partial charge in [-0.1, -0.05) is 0 Å². The van der Waals surface area contributed by atoms with Gasteiger partial charge in [0.2, 0.25) is 0 Å².